The largest absolute Gasteiger partial charge is 0.466 e. The Morgan fingerprint density at radius 2 is 1.19 bits per heavy atom. The highest BCUT2D eigenvalue weighted by molar-refractivity contribution is 5.91. The zero-order chi connectivity index (χ0) is 26.0. The van der Waals surface area contributed by atoms with Crippen molar-refractivity contribution in [2.45, 2.75) is 31.7 Å². The number of hydrogen-bond acceptors (Lipinski definition) is 5. The van der Waals surface area contributed by atoms with Crippen LogP contribution in [0.3, 0.4) is 0 Å². The van der Waals surface area contributed by atoms with E-state index in [1.165, 1.54) is 7.11 Å². The third-order valence-electron chi connectivity index (χ3n) is 6.45. The van der Waals surface area contributed by atoms with Crippen molar-refractivity contribution in [3.8, 4) is 0 Å². The van der Waals surface area contributed by atoms with Crippen molar-refractivity contribution in [2.75, 3.05) is 7.11 Å². The predicted molar refractivity (Wildman–Crippen MR) is 144 cm³/mol. The Morgan fingerprint density at radius 1 is 0.703 bits per heavy atom. The van der Waals surface area contributed by atoms with Crippen LogP contribution < -0.4 is 0 Å². The summed E-state index contributed by atoms with van der Waals surface area (Å²) in [5.41, 5.74) is 3.37. The molecule has 0 spiro atoms. The van der Waals surface area contributed by atoms with E-state index in [1.54, 1.807) is 24.3 Å². The molecule has 0 aliphatic carbocycles. The smallest absolute Gasteiger partial charge is 0.349 e. The van der Waals surface area contributed by atoms with Gasteiger partial charge in [0.25, 0.3) is 0 Å². The summed E-state index contributed by atoms with van der Waals surface area (Å²) in [6, 6.07) is 37.8. The van der Waals surface area contributed by atoms with Gasteiger partial charge in [-0.05, 0) is 35.7 Å². The van der Waals surface area contributed by atoms with Crippen LogP contribution in [-0.4, -0.2) is 30.1 Å². The van der Waals surface area contributed by atoms with Crippen LogP contribution in [0.25, 0.3) is 0 Å². The summed E-state index contributed by atoms with van der Waals surface area (Å²) in [4.78, 5) is 28.7. The molecule has 5 heteroatoms. The van der Waals surface area contributed by atoms with Gasteiger partial charge >= 0.3 is 11.9 Å². The summed E-state index contributed by atoms with van der Waals surface area (Å²) in [6.07, 6.45) is -1.20. The molecular weight excluding hydrogens is 462 g/mol. The highest BCUT2D eigenvalue weighted by atomic mass is 16.6. The quantitative estimate of drug-likeness (QED) is 0.240. The summed E-state index contributed by atoms with van der Waals surface area (Å²) in [6.45, 7) is 2.62. The fourth-order valence-corrected chi connectivity index (χ4v) is 4.50. The molecule has 0 aliphatic rings. The van der Waals surface area contributed by atoms with E-state index < -0.39 is 24.1 Å². The number of rotatable bonds is 10. The average Bonchev–Trinajstić information content (AvgIpc) is 2.97. The van der Waals surface area contributed by atoms with Gasteiger partial charge in [-0.1, -0.05) is 109 Å². The number of ether oxygens (including phenoxy) is 2. The molecule has 3 atom stereocenters. The lowest BCUT2D eigenvalue weighted by Gasteiger charge is -2.40. The lowest BCUT2D eigenvalue weighted by molar-refractivity contribution is -0.156. The molecule has 4 rings (SSSR count). The van der Waals surface area contributed by atoms with E-state index in [4.69, 9.17) is 9.47 Å². The van der Waals surface area contributed by atoms with Gasteiger partial charge in [-0.2, -0.15) is 0 Å². The highest BCUT2D eigenvalue weighted by Gasteiger charge is 2.40. The van der Waals surface area contributed by atoms with Gasteiger partial charge in [0, 0.05) is 12.6 Å². The predicted octanol–water partition coefficient (Wildman–Crippen LogP) is 6.39. The van der Waals surface area contributed by atoms with Crippen molar-refractivity contribution in [1.29, 1.82) is 0 Å². The molecular formula is C32H31NO4. The van der Waals surface area contributed by atoms with Gasteiger partial charge in [-0.3, -0.25) is 4.90 Å². The van der Waals surface area contributed by atoms with Crippen LogP contribution in [0.4, 0.5) is 0 Å². The molecule has 4 aromatic carbocycles. The SMILES string of the molecule is COC(=O)[C@@H](OC(=O)c1ccccc1)[C@H](c1ccccc1)N(Cc1ccccc1)[C@@H](C)c1ccccc1. The number of carbonyl (C=O) groups is 2. The van der Waals surface area contributed by atoms with E-state index >= 15 is 0 Å². The summed E-state index contributed by atoms with van der Waals surface area (Å²) in [7, 11) is 1.32. The summed E-state index contributed by atoms with van der Waals surface area (Å²) >= 11 is 0. The van der Waals surface area contributed by atoms with E-state index in [9.17, 15) is 9.59 Å². The Kier molecular flexibility index (Phi) is 8.84. The first-order valence-corrected chi connectivity index (χ1v) is 12.3. The Labute approximate surface area is 218 Å². The first kappa shape index (κ1) is 25.9. The van der Waals surface area contributed by atoms with Crippen molar-refractivity contribution in [3.63, 3.8) is 0 Å². The van der Waals surface area contributed by atoms with E-state index in [1.807, 2.05) is 72.8 Å². The molecule has 0 unspecified atom stereocenters. The molecule has 0 amide bonds. The second kappa shape index (κ2) is 12.7. The lowest BCUT2D eigenvalue weighted by Crippen LogP contribution is -2.44. The molecule has 0 saturated carbocycles. The molecule has 37 heavy (non-hydrogen) atoms. The summed E-state index contributed by atoms with van der Waals surface area (Å²) in [5.74, 6) is -1.19. The second-order valence-electron chi connectivity index (χ2n) is 8.82. The maximum Gasteiger partial charge on any atom is 0.349 e. The normalized spacial score (nSPS) is 13.4. The monoisotopic (exact) mass is 493 g/mol. The van der Waals surface area contributed by atoms with Crippen molar-refractivity contribution in [1.82, 2.24) is 4.90 Å². The van der Waals surface area contributed by atoms with Crippen LogP contribution in [0.15, 0.2) is 121 Å². The minimum absolute atomic E-state index is 0.116. The van der Waals surface area contributed by atoms with Crippen LogP contribution in [-0.2, 0) is 20.8 Å². The van der Waals surface area contributed by atoms with Crippen molar-refractivity contribution in [3.05, 3.63) is 144 Å². The fraction of sp³-hybridized carbons (Fsp3) is 0.188. The average molecular weight is 494 g/mol. The van der Waals surface area contributed by atoms with E-state index in [2.05, 4.69) is 36.1 Å². The molecule has 4 aromatic rings. The Balaban J connectivity index is 1.82. The van der Waals surface area contributed by atoms with Gasteiger partial charge < -0.3 is 9.47 Å². The van der Waals surface area contributed by atoms with Crippen molar-refractivity contribution in [2.24, 2.45) is 0 Å². The van der Waals surface area contributed by atoms with Crippen LogP contribution in [0.5, 0.6) is 0 Å². The van der Waals surface area contributed by atoms with Gasteiger partial charge in [-0.25, -0.2) is 9.59 Å². The van der Waals surface area contributed by atoms with Crippen molar-refractivity contribution < 1.29 is 19.1 Å². The van der Waals surface area contributed by atoms with Gasteiger partial charge in [0.15, 0.2) is 0 Å². The second-order valence-corrected chi connectivity index (χ2v) is 8.82. The van der Waals surface area contributed by atoms with Crippen LogP contribution in [0.1, 0.15) is 46.1 Å². The molecule has 0 radical (unpaired) electrons. The van der Waals surface area contributed by atoms with Crippen LogP contribution in [0, 0.1) is 0 Å². The fourth-order valence-electron chi connectivity index (χ4n) is 4.50. The van der Waals surface area contributed by atoms with Crippen LogP contribution in [0.2, 0.25) is 0 Å². The van der Waals surface area contributed by atoms with Gasteiger partial charge in [0.2, 0.25) is 6.10 Å². The number of nitrogens with zero attached hydrogens (tertiary/aromatic N) is 1. The summed E-state index contributed by atoms with van der Waals surface area (Å²) < 4.78 is 11.1. The maximum absolute atomic E-state index is 13.3. The zero-order valence-electron chi connectivity index (χ0n) is 21.1. The molecule has 0 N–H and O–H groups in total. The Hall–Kier alpha value is -4.22. The standard InChI is InChI=1S/C32H31NO4/c1-24(26-17-9-4-10-18-26)33(23-25-15-7-3-8-16-25)29(27-19-11-5-12-20-27)30(32(35)36-2)37-31(34)28-21-13-6-14-22-28/h3-22,24,29-30H,23H2,1-2H3/t24-,29-,30-/m0/s1. The zero-order valence-corrected chi connectivity index (χ0v) is 21.1. The van der Waals surface area contributed by atoms with Crippen LogP contribution >= 0.6 is 0 Å². The molecule has 188 valence electrons. The molecule has 0 aliphatic heterocycles. The first-order chi connectivity index (χ1) is 18.1. The number of carbonyl (C=O) groups excluding carboxylic acids is 2. The van der Waals surface area contributed by atoms with E-state index in [0.29, 0.717) is 12.1 Å². The Morgan fingerprint density at radius 3 is 1.73 bits per heavy atom. The first-order valence-electron chi connectivity index (χ1n) is 12.3. The third-order valence-corrected chi connectivity index (χ3v) is 6.45. The maximum atomic E-state index is 13.3. The van der Waals surface area contributed by atoms with Gasteiger partial charge in [0.1, 0.15) is 0 Å². The number of methoxy groups -OCH3 is 1. The molecule has 0 aromatic heterocycles. The third kappa shape index (κ3) is 6.51. The van der Waals surface area contributed by atoms with Gasteiger partial charge in [0.05, 0.1) is 18.7 Å². The number of benzene rings is 4. The Bertz CT molecular complexity index is 1260. The van der Waals surface area contributed by atoms with Gasteiger partial charge in [-0.15, -0.1) is 0 Å². The number of esters is 2. The molecule has 5 nitrogen and oxygen atoms in total. The van der Waals surface area contributed by atoms with Crippen molar-refractivity contribution >= 4 is 11.9 Å². The molecule has 0 saturated heterocycles. The topological polar surface area (TPSA) is 55.8 Å². The molecule has 0 fully saturated rings. The lowest BCUT2D eigenvalue weighted by atomic mass is 9.94. The van der Waals surface area contributed by atoms with E-state index in [-0.39, 0.29) is 6.04 Å². The molecule has 0 heterocycles. The minimum atomic E-state index is -1.20. The highest BCUT2D eigenvalue weighted by Crippen LogP contribution is 2.36. The molecule has 0 bridgehead atoms. The summed E-state index contributed by atoms with van der Waals surface area (Å²) in [5, 5.41) is 0. The van der Waals surface area contributed by atoms with E-state index in [0.717, 1.165) is 16.7 Å². The number of hydrogen-bond donors (Lipinski definition) is 0. The minimum Gasteiger partial charge on any atom is -0.466 e.